The molecule has 1 aliphatic heterocycles. The van der Waals surface area contributed by atoms with Gasteiger partial charge in [0.15, 0.2) is 0 Å². The molecule has 9 heteroatoms. The molecular formula is C16H22N4O3S2. The Balaban J connectivity index is 1.69. The monoisotopic (exact) mass is 382 g/mol. The molecule has 1 aromatic carbocycles. The van der Waals surface area contributed by atoms with Crippen molar-refractivity contribution in [2.45, 2.75) is 25.6 Å². The lowest BCUT2D eigenvalue weighted by atomic mass is 10.1. The van der Waals surface area contributed by atoms with Crippen molar-refractivity contribution in [3.8, 4) is 0 Å². The van der Waals surface area contributed by atoms with Crippen molar-refractivity contribution in [3.63, 3.8) is 0 Å². The zero-order valence-corrected chi connectivity index (χ0v) is 15.8. The fourth-order valence-corrected chi connectivity index (χ4v) is 4.83. The van der Waals surface area contributed by atoms with Crippen molar-refractivity contribution in [1.29, 1.82) is 0 Å². The summed E-state index contributed by atoms with van der Waals surface area (Å²) in [4.78, 5) is 4.38. The molecule has 136 valence electrons. The molecule has 0 spiro atoms. The third-order valence-corrected chi connectivity index (χ3v) is 6.57. The highest BCUT2D eigenvalue weighted by Gasteiger charge is 2.25. The number of rotatable bonds is 7. The Bertz CT molecular complexity index is 801. The topological polar surface area (TPSA) is 84.4 Å². The molecule has 1 aromatic heterocycles. The number of benzene rings is 1. The van der Waals surface area contributed by atoms with E-state index in [1.165, 1.54) is 15.8 Å². The molecule has 2 heterocycles. The minimum Gasteiger partial charge on any atom is -0.379 e. The van der Waals surface area contributed by atoms with Crippen LogP contribution in [-0.2, 0) is 33.5 Å². The highest BCUT2D eigenvalue weighted by Crippen LogP contribution is 2.19. The van der Waals surface area contributed by atoms with E-state index in [2.05, 4.69) is 14.7 Å². The number of hydrogen-bond donors (Lipinski definition) is 1. The number of morpholine rings is 1. The predicted octanol–water partition coefficient (Wildman–Crippen LogP) is 1.87. The molecule has 0 unspecified atom stereocenters. The van der Waals surface area contributed by atoms with Crippen molar-refractivity contribution in [2.75, 3.05) is 31.6 Å². The maximum Gasteiger partial charge on any atom is 0.218 e. The van der Waals surface area contributed by atoms with Crippen LogP contribution >= 0.6 is 11.5 Å². The lowest BCUT2D eigenvalue weighted by Gasteiger charge is -2.26. The van der Waals surface area contributed by atoms with E-state index in [1.807, 2.05) is 31.2 Å². The molecule has 1 aliphatic rings. The number of nitrogens with zero attached hydrogens (tertiary/aromatic N) is 3. The maximum absolute atomic E-state index is 12.7. The lowest BCUT2D eigenvalue weighted by molar-refractivity contribution is 0.0729. The normalized spacial score (nSPS) is 16.0. The van der Waals surface area contributed by atoms with Gasteiger partial charge in [-0.3, -0.25) is 0 Å². The van der Waals surface area contributed by atoms with Gasteiger partial charge in [-0.25, -0.2) is 13.4 Å². The van der Waals surface area contributed by atoms with E-state index in [0.717, 1.165) is 28.5 Å². The van der Waals surface area contributed by atoms with E-state index in [4.69, 9.17) is 4.74 Å². The van der Waals surface area contributed by atoms with Gasteiger partial charge in [-0.05, 0) is 11.1 Å². The number of hydrogen-bond acceptors (Lipinski definition) is 7. The molecule has 2 aromatic rings. The van der Waals surface area contributed by atoms with Gasteiger partial charge in [0.05, 0.1) is 19.0 Å². The Morgan fingerprint density at radius 2 is 1.96 bits per heavy atom. The molecular weight excluding hydrogens is 360 g/mol. The van der Waals surface area contributed by atoms with Crippen LogP contribution in [0.5, 0.6) is 0 Å². The standard InChI is InChI=1S/C16H22N4O3S2/c1-2-15-18-16(24-19-15)17-11-13-5-3-4-6-14(13)12-25(21,22)20-7-9-23-10-8-20/h3-6H,2,7-12H2,1H3,(H,17,18,19). The van der Waals surface area contributed by atoms with Crippen LogP contribution in [0.3, 0.4) is 0 Å². The van der Waals surface area contributed by atoms with Gasteiger partial charge in [0.2, 0.25) is 15.2 Å². The second-order valence-electron chi connectivity index (χ2n) is 5.76. The SMILES string of the molecule is CCc1nsc(NCc2ccccc2CS(=O)(=O)N2CCOCC2)n1. The second-order valence-corrected chi connectivity index (χ2v) is 8.48. The molecule has 0 radical (unpaired) electrons. The van der Waals surface area contributed by atoms with Gasteiger partial charge in [-0.15, -0.1) is 0 Å². The van der Waals surface area contributed by atoms with E-state index in [9.17, 15) is 8.42 Å². The minimum absolute atomic E-state index is 0.00117. The Hall–Kier alpha value is -1.55. The summed E-state index contributed by atoms with van der Waals surface area (Å²) in [6.07, 6.45) is 0.798. The summed E-state index contributed by atoms with van der Waals surface area (Å²) in [6.45, 7) is 4.30. The summed E-state index contributed by atoms with van der Waals surface area (Å²) in [5.74, 6) is 0.817. The van der Waals surface area contributed by atoms with Gasteiger partial charge >= 0.3 is 0 Å². The van der Waals surface area contributed by atoms with E-state index >= 15 is 0 Å². The molecule has 0 aliphatic carbocycles. The van der Waals surface area contributed by atoms with Crippen molar-refractivity contribution in [2.24, 2.45) is 0 Å². The average Bonchev–Trinajstić information content (AvgIpc) is 3.10. The number of ether oxygens (including phenoxy) is 1. The Morgan fingerprint density at radius 3 is 2.64 bits per heavy atom. The van der Waals surface area contributed by atoms with Crippen molar-refractivity contribution in [3.05, 3.63) is 41.2 Å². The van der Waals surface area contributed by atoms with Crippen molar-refractivity contribution in [1.82, 2.24) is 13.7 Å². The quantitative estimate of drug-likeness (QED) is 0.787. The van der Waals surface area contributed by atoms with Gasteiger partial charge < -0.3 is 10.1 Å². The van der Waals surface area contributed by atoms with Crippen LogP contribution in [0.25, 0.3) is 0 Å². The number of anilines is 1. The first-order valence-electron chi connectivity index (χ1n) is 8.27. The van der Waals surface area contributed by atoms with E-state index in [1.54, 1.807) is 0 Å². The van der Waals surface area contributed by atoms with E-state index in [-0.39, 0.29) is 5.75 Å². The molecule has 1 saturated heterocycles. The first kappa shape index (κ1) is 18.2. The van der Waals surface area contributed by atoms with Crippen LogP contribution in [-0.4, -0.2) is 48.4 Å². The third kappa shape index (κ3) is 4.75. The molecule has 3 rings (SSSR count). The highest BCUT2D eigenvalue weighted by atomic mass is 32.2. The Morgan fingerprint density at radius 1 is 1.24 bits per heavy atom. The van der Waals surface area contributed by atoms with Crippen LogP contribution in [0.1, 0.15) is 23.9 Å². The Labute approximate surface area is 152 Å². The number of nitrogens with one attached hydrogen (secondary N) is 1. The largest absolute Gasteiger partial charge is 0.379 e. The zero-order valence-electron chi connectivity index (χ0n) is 14.1. The summed E-state index contributed by atoms with van der Waals surface area (Å²) < 4.78 is 36.3. The second kappa shape index (κ2) is 8.22. The maximum atomic E-state index is 12.7. The zero-order chi connectivity index (χ0) is 17.7. The average molecular weight is 383 g/mol. The fraction of sp³-hybridized carbons (Fsp3) is 0.500. The minimum atomic E-state index is -3.34. The lowest BCUT2D eigenvalue weighted by Crippen LogP contribution is -2.41. The van der Waals surface area contributed by atoms with Gasteiger partial charge in [0.25, 0.3) is 0 Å². The first-order valence-corrected chi connectivity index (χ1v) is 10.7. The van der Waals surface area contributed by atoms with Crippen LogP contribution in [0.15, 0.2) is 24.3 Å². The van der Waals surface area contributed by atoms with Crippen molar-refractivity contribution >= 4 is 26.7 Å². The van der Waals surface area contributed by atoms with E-state index in [0.29, 0.717) is 32.8 Å². The van der Waals surface area contributed by atoms with E-state index < -0.39 is 10.0 Å². The molecule has 0 saturated carbocycles. The summed E-state index contributed by atoms with van der Waals surface area (Å²) >= 11 is 1.32. The molecule has 0 amide bonds. The first-order chi connectivity index (χ1) is 12.1. The third-order valence-electron chi connectivity index (χ3n) is 4.03. The molecule has 1 N–H and O–H groups in total. The number of aromatic nitrogens is 2. The van der Waals surface area contributed by atoms with Gasteiger partial charge in [0.1, 0.15) is 5.82 Å². The van der Waals surface area contributed by atoms with Crippen LogP contribution in [0.4, 0.5) is 5.13 Å². The van der Waals surface area contributed by atoms with Gasteiger partial charge in [-0.1, -0.05) is 31.2 Å². The molecule has 1 fully saturated rings. The number of aryl methyl sites for hydroxylation is 1. The molecule has 0 atom stereocenters. The van der Waals surface area contributed by atoms with Crippen LogP contribution < -0.4 is 5.32 Å². The summed E-state index contributed by atoms with van der Waals surface area (Å²) in [5.41, 5.74) is 1.76. The molecule has 7 nitrogen and oxygen atoms in total. The number of sulfonamides is 1. The van der Waals surface area contributed by atoms with Crippen LogP contribution in [0, 0.1) is 0 Å². The summed E-state index contributed by atoms with van der Waals surface area (Å²) in [5, 5.41) is 3.99. The Kier molecular flexibility index (Phi) is 6.00. The van der Waals surface area contributed by atoms with Gasteiger partial charge in [-0.2, -0.15) is 8.68 Å². The highest BCUT2D eigenvalue weighted by molar-refractivity contribution is 7.88. The summed E-state index contributed by atoms with van der Waals surface area (Å²) in [7, 11) is -3.34. The van der Waals surface area contributed by atoms with Gasteiger partial charge in [0, 0.05) is 37.6 Å². The smallest absolute Gasteiger partial charge is 0.218 e. The fourth-order valence-electron chi connectivity index (χ4n) is 2.62. The van der Waals surface area contributed by atoms with Crippen LogP contribution in [0.2, 0.25) is 0 Å². The molecule has 25 heavy (non-hydrogen) atoms. The summed E-state index contributed by atoms with van der Waals surface area (Å²) in [6, 6.07) is 7.60. The van der Waals surface area contributed by atoms with Crippen molar-refractivity contribution < 1.29 is 13.2 Å². The predicted molar refractivity (Wildman–Crippen MR) is 98.1 cm³/mol. The molecule has 0 bridgehead atoms.